The Balaban J connectivity index is 2.12. The first-order chi connectivity index (χ1) is 7.59. The Morgan fingerprint density at radius 3 is 2.44 bits per heavy atom. The van der Waals surface area contributed by atoms with Gasteiger partial charge in [-0.3, -0.25) is 4.79 Å². The second kappa shape index (κ2) is 6.32. The van der Waals surface area contributed by atoms with E-state index in [9.17, 15) is 9.59 Å². The number of hydrogen-bond donors (Lipinski definition) is 3. The lowest BCUT2D eigenvalue weighted by Crippen LogP contribution is -2.37. The second-order valence-electron chi connectivity index (χ2n) is 4.07. The number of primary amides is 1. The first kappa shape index (κ1) is 12.8. The summed E-state index contributed by atoms with van der Waals surface area (Å²) in [5.41, 5.74) is 10.5. The number of nitrogens with one attached hydrogen (secondary N) is 1. The number of carbonyl (C=O) groups is 2. The summed E-state index contributed by atoms with van der Waals surface area (Å²) in [6.07, 6.45) is 2.65. The molecule has 1 aliphatic carbocycles. The van der Waals surface area contributed by atoms with E-state index >= 15 is 0 Å². The highest BCUT2D eigenvalue weighted by molar-refractivity contribution is 5.78. The fourth-order valence-electron chi connectivity index (χ4n) is 1.85. The smallest absolute Gasteiger partial charge is 0.404 e. The molecular formula is C10H19N3O3. The number of amides is 2. The highest BCUT2D eigenvalue weighted by atomic mass is 16.5. The van der Waals surface area contributed by atoms with Gasteiger partial charge in [0, 0.05) is 12.0 Å². The Morgan fingerprint density at radius 2 is 1.88 bits per heavy atom. The number of ether oxygens (including phenoxy) is 1. The minimum atomic E-state index is -0.821. The molecule has 92 valence electrons. The molecule has 0 spiro atoms. The van der Waals surface area contributed by atoms with E-state index in [2.05, 4.69) is 10.1 Å². The molecule has 6 nitrogen and oxygen atoms in total. The van der Waals surface area contributed by atoms with Crippen molar-refractivity contribution in [1.82, 2.24) is 5.32 Å². The molecule has 16 heavy (non-hydrogen) atoms. The van der Waals surface area contributed by atoms with E-state index in [0.717, 1.165) is 25.7 Å². The van der Waals surface area contributed by atoms with Crippen molar-refractivity contribution < 1.29 is 14.3 Å². The normalized spacial score (nSPS) is 24.8. The van der Waals surface area contributed by atoms with E-state index in [0.29, 0.717) is 6.54 Å². The molecular weight excluding hydrogens is 210 g/mol. The van der Waals surface area contributed by atoms with Gasteiger partial charge in [0.05, 0.1) is 6.54 Å². The highest BCUT2D eigenvalue weighted by Gasteiger charge is 2.23. The maximum absolute atomic E-state index is 11.6. The SMILES string of the molecule is NC(=O)OCCNC(=O)C1CCC(N)CC1. The van der Waals surface area contributed by atoms with Crippen LogP contribution < -0.4 is 16.8 Å². The summed E-state index contributed by atoms with van der Waals surface area (Å²) in [7, 11) is 0. The Morgan fingerprint density at radius 1 is 1.25 bits per heavy atom. The van der Waals surface area contributed by atoms with E-state index in [1.807, 2.05) is 0 Å². The van der Waals surface area contributed by atoms with Gasteiger partial charge >= 0.3 is 6.09 Å². The largest absolute Gasteiger partial charge is 0.448 e. The molecule has 0 atom stereocenters. The lowest BCUT2D eigenvalue weighted by Gasteiger charge is -2.25. The summed E-state index contributed by atoms with van der Waals surface area (Å²) in [4.78, 5) is 21.9. The molecule has 0 aromatic heterocycles. The van der Waals surface area contributed by atoms with Crippen LogP contribution in [-0.4, -0.2) is 31.2 Å². The molecule has 1 fully saturated rings. The highest BCUT2D eigenvalue weighted by Crippen LogP contribution is 2.22. The van der Waals surface area contributed by atoms with Crippen molar-refractivity contribution in [1.29, 1.82) is 0 Å². The Labute approximate surface area is 94.7 Å². The topological polar surface area (TPSA) is 107 Å². The summed E-state index contributed by atoms with van der Waals surface area (Å²) in [5, 5.41) is 2.71. The zero-order valence-corrected chi connectivity index (χ0v) is 9.28. The van der Waals surface area contributed by atoms with Gasteiger partial charge in [0.2, 0.25) is 5.91 Å². The minimum absolute atomic E-state index is 0.0139. The predicted molar refractivity (Wildman–Crippen MR) is 58.5 cm³/mol. The molecule has 0 bridgehead atoms. The van der Waals surface area contributed by atoms with Crippen molar-refractivity contribution in [2.45, 2.75) is 31.7 Å². The Bertz CT molecular complexity index is 250. The zero-order chi connectivity index (χ0) is 12.0. The molecule has 6 heteroatoms. The molecule has 2 amide bonds. The van der Waals surface area contributed by atoms with Crippen molar-refractivity contribution in [3.63, 3.8) is 0 Å². The standard InChI is InChI=1S/C10H19N3O3/c11-8-3-1-7(2-4-8)9(14)13-5-6-16-10(12)15/h7-8H,1-6,11H2,(H2,12,15)(H,13,14). The van der Waals surface area contributed by atoms with Crippen LogP contribution in [0.3, 0.4) is 0 Å². The number of hydrogen-bond acceptors (Lipinski definition) is 4. The predicted octanol–water partition coefficient (Wildman–Crippen LogP) is -0.285. The Kier molecular flexibility index (Phi) is 5.04. The van der Waals surface area contributed by atoms with Gasteiger partial charge < -0.3 is 21.5 Å². The van der Waals surface area contributed by atoms with Gasteiger partial charge in [-0.1, -0.05) is 0 Å². The van der Waals surface area contributed by atoms with Gasteiger partial charge in [0.1, 0.15) is 6.61 Å². The summed E-state index contributed by atoms with van der Waals surface area (Å²) in [6.45, 7) is 0.428. The molecule has 1 aliphatic rings. The van der Waals surface area contributed by atoms with Gasteiger partial charge in [-0.05, 0) is 25.7 Å². The van der Waals surface area contributed by atoms with E-state index in [4.69, 9.17) is 11.5 Å². The van der Waals surface area contributed by atoms with Crippen molar-refractivity contribution >= 4 is 12.0 Å². The lowest BCUT2D eigenvalue weighted by atomic mass is 9.86. The van der Waals surface area contributed by atoms with Crippen LogP contribution in [0.5, 0.6) is 0 Å². The molecule has 0 aromatic rings. The number of carbonyl (C=O) groups excluding carboxylic acids is 2. The number of nitrogens with two attached hydrogens (primary N) is 2. The van der Waals surface area contributed by atoms with E-state index < -0.39 is 6.09 Å². The van der Waals surface area contributed by atoms with E-state index in [1.54, 1.807) is 0 Å². The molecule has 1 saturated carbocycles. The third-order valence-electron chi connectivity index (χ3n) is 2.79. The van der Waals surface area contributed by atoms with Crippen LogP contribution in [-0.2, 0) is 9.53 Å². The van der Waals surface area contributed by atoms with Crippen molar-refractivity contribution in [2.75, 3.05) is 13.2 Å². The molecule has 1 rings (SSSR count). The van der Waals surface area contributed by atoms with Crippen molar-refractivity contribution in [3.8, 4) is 0 Å². The number of rotatable bonds is 4. The average molecular weight is 229 g/mol. The van der Waals surface area contributed by atoms with Crippen LogP contribution >= 0.6 is 0 Å². The van der Waals surface area contributed by atoms with Crippen LogP contribution in [0, 0.1) is 5.92 Å². The summed E-state index contributed by atoms with van der Waals surface area (Å²) in [5.74, 6) is 0.0633. The van der Waals surface area contributed by atoms with Gasteiger partial charge in [0.15, 0.2) is 0 Å². The van der Waals surface area contributed by atoms with E-state index in [-0.39, 0.29) is 24.5 Å². The molecule has 0 saturated heterocycles. The fraction of sp³-hybridized carbons (Fsp3) is 0.800. The van der Waals surface area contributed by atoms with Crippen LogP contribution in [0.25, 0.3) is 0 Å². The van der Waals surface area contributed by atoms with Gasteiger partial charge in [-0.15, -0.1) is 0 Å². The first-order valence-corrected chi connectivity index (χ1v) is 5.55. The molecule has 0 aromatic carbocycles. The Hall–Kier alpha value is -1.30. The maximum Gasteiger partial charge on any atom is 0.404 e. The molecule has 0 radical (unpaired) electrons. The molecule has 0 aliphatic heterocycles. The zero-order valence-electron chi connectivity index (χ0n) is 9.28. The van der Waals surface area contributed by atoms with Crippen molar-refractivity contribution in [2.24, 2.45) is 17.4 Å². The minimum Gasteiger partial charge on any atom is -0.448 e. The average Bonchev–Trinajstić information content (AvgIpc) is 2.25. The molecule has 0 unspecified atom stereocenters. The molecule has 5 N–H and O–H groups in total. The van der Waals surface area contributed by atoms with Gasteiger partial charge in [-0.25, -0.2) is 4.79 Å². The quantitative estimate of drug-likeness (QED) is 0.576. The van der Waals surface area contributed by atoms with Crippen LogP contribution in [0.2, 0.25) is 0 Å². The second-order valence-corrected chi connectivity index (χ2v) is 4.07. The van der Waals surface area contributed by atoms with Crippen molar-refractivity contribution in [3.05, 3.63) is 0 Å². The summed E-state index contributed by atoms with van der Waals surface area (Å²) >= 11 is 0. The molecule has 0 heterocycles. The third-order valence-corrected chi connectivity index (χ3v) is 2.79. The summed E-state index contributed by atoms with van der Waals surface area (Å²) < 4.78 is 4.50. The van der Waals surface area contributed by atoms with Crippen LogP contribution in [0.15, 0.2) is 0 Å². The van der Waals surface area contributed by atoms with Gasteiger partial charge in [0.25, 0.3) is 0 Å². The fourth-order valence-corrected chi connectivity index (χ4v) is 1.85. The lowest BCUT2D eigenvalue weighted by molar-refractivity contribution is -0.126. The summed E-state index contributed by atoms with van der Waals surface area (Å²) in [6, 6.07) is 0.238. The van der Waals surface area contributed by atoms with Crippen LogP contribution in [0.1, 0.15) is 25.7 Å². The monoisotopic (exact) mass is 229 g/mol. The third kappa shape index (κ3) is 4.48. The van der Waals surface area contributed by atoms with Gasteiger partial charge in [-0.2, -0.15) is 0 Å². The maximum atomic E-state index is 11.6. The van der Waals surface area contributed by atoms with Crippen LogP contribution in [0.4, 0.5) is 4.79 Å². The van der Waals surface area contributed by atoms with E-state index in [1.165, 1.54) is 0 Å². The first-order valence-electron chi connectivity index (χ1n) is 5.55.